The Bertz CT molecular complexity index is 1290. The third-order valence-corrected chi connectivity index (χ3v) is 8.06. The highest BCUT2D eigenvalue weighted by atomic mass is 32.2. The topological polar surface area (TPSA) is 156 Å². The number of benzene rings is 2. The van der Waals surface area contributed by atoms with Crippen molar-refractivity contribution in [2.75, 3.05) is 37.8 Å². The molecule has 0 bridgehead atoms. The summed E-state index contributed by atoms with van der Waals surface area (Å²) in [5.74, 6) is -0.243. The molecular weight excluding hydrogens is 500 g/mol. The Labute approximate surface area is 204 Å². The Kier molecular flexibility index (Phi) is 8.81. The summed E-state index contributed by atoms with van der Waals surface area (Å²) in [6.07, 6.45) is 0.915. The van der Waals surface area contributed by atoms with Crippen LogP contribution < -0.4 is 14.4 Å². The molecule has 0 heterocycles. The van der Waals surface area contributed by atoms with Crippen LogP contribution in [0.15, 0.2) is 47.4 Å². The molecule has 1 atom stereocenters. The monoisotopic (exact) mass is 528 g/mol. The predicted octanol–water partition coefficient (Wildman–Crippen LogP) is 1.50. The number of non-ortho nitro benzene ring substituents is 1. The second-order valence-corrected chi connectivity index (χ2v) is 11.9. The van der Waals surface area contributed by atoms with Crippen molar-refractivity contribution in [3.05, 3.63) is 58.1 Å². The Morgan fingerprint density at radius 2 is 1.71 bits per heavy atom. The largest absolute Gasteiger partial charge is 0.492 e. The summed E-state index contributed by atoms with van der Waals surface area (Å²) in [5.41, 5.74) is 0.182. The second kappa shape index (κ2) is 11.0. The highest BCUT2D eigenvalue weighted by Gasteiger charge is 2.31. The highest BCUT2D eigenvalue weighted by Crippen LogP contribution is 2.29. The van der Waals surface area contributed by atoms with E-state index in [4.69, 9.17) is 4.74 Å². The van der Waals surface area contributed by atoms with Crippen molar-refractivity contribution in [1.29, 1.82) is 0 Å². The van der Waals surface area contributed by atoms with Gasteiger partial charge < -0.3 is 10.1 Å². The standard InChI is InChI=1S/C21H28N4O8S2/c1-15-6-7-17(25(27)28)14-20(15)24(34(5,29)30)16(2)21(26)22-12-13-33-18-8-10-19(11-9-18)35(31,32)23(3)4/h6-11,14,16H,12-13H2,1-5H3,(H,22,26)/t16-/m0/s1. The number of nitrogens with zero attached hydrogens (tertiary/aromatic N) is 3. The number of sulfonamides is 2. The third-order valence-electron chi connectivity index (χ3n) is 5.00. The third kappa shape index (κ3) is 6.90. The number of hydrogen-bond donors (Lipinski definition) is 1. The summed E-state index contributed by atoms with van der Waals surface area (Å²) in [5, 5.41) is 13.7. The Hall–Kier alpha value is -3.23. The molecule has 2 aromatic carbocycles. The van der Waals surface area contributed by atoms with Gasteiger partial charge in [-0.1, -0.05) is 6.07 Å². The fraction of sp³-hybridized carbons (Fsp3) is 0.381. The zero-order valence-electron chi connectivity index (χ0n) is 20.0. The average molecular weight is 529 g/mol. The second-order valence-electron chi connectivity index (χ2n) is 7.86. The number of nitro benzene ring substituents is 1. The van der Waals surface area contributed by atoms with E-state index in [2.05, 4.69) is 5.32 Å². The molecule has 0 fully saturated rings. The predicted molar refractivity (Wildman–Crippen MR) is 130 cm³/mol. The SMILES string of the molecule is Cc1ccc([N+](=O)[O-])cc1N([C@@H](C)C(=O)NCCOc1ccc(S(=O)(=O)N(C)C)cc1)S(C)(=O)=O. The van der Waals surface area contributed by atoms with E-state index in [-0.39, 0.29) is 29.4 Å². The minimum atomic E-state index is -3.96. The van der Waals surface area contributed by atoms with Gasteiger partial charge in [-0.05, 0) is 43.7 Å². The van der Waals surface area contributed by atoms with Crippen molar-refractivity contribution in [2.45, 2.75) is 24.8 Å². The molecule has 0 unspecified atom stereocenters. The molecule has 0 spiro atoms. The Morgan fingerprint density at radius 3 is 2.23 bits per heavy atom. The van der Waals surface area contributed by atoms with Gasteiger partial charge in [-0.25, -0.2) is 21.1 Å². The van der Waals surface area contributed by atoms with E-state index < -0.39 is 36.9 Å². The summed E-state index contributed by atoms with van der Waals surface area (Å²) in [6.45, 7) is 3.03. The van der Waals surface area contributed by atoms with Gasteiger partial charge in [-0.2, -0.15) is 0 Å². The van der Waals surface area contributed by atoms with Crippen molar-refractivity contribution in [3.63, 3.8) is 0 Å². The van der Waals surface area contributed by atoms with Crippen LogP contribution in [0, 0.1) is 17.0 Å². The van der Waals surface area contributed by atoms with Crippen molar-refractivity contribution in [1.82, 2.24) is 9.62 Å². The van der Waals surface area contributed by atoms with Gasteiger partial charge in [0.2, 0.25) is 26.0 Å². The van der Waals surface area contributed by atoms with E-state index in [1.807, 2.05) is 0 Å². The minimum Gasteiger partial charge on any atom is -0.492 e. The molecule has 0 aliphatic rings. The van der Waals surface area contributed by atoms with E-state index in [0.717, 1.165) is 20.9 Å². The minimum absolute atomic E-state index is 0.0342. The first-order valence-electron chi connectivity index (χ1n) is 10.3. The number of nitro groups is 1. The van der Waals surface area contributed by atoms with Crippen molar-refractivity contribution in [3.8, 4) is 5.75 Å². The molecule has 14 heteroatoms. The molecule has 12 nitrogen and oxygen atoms in total. The van der Waals surface area contributed by atoms with Crippen molar-refractivity contribution >= 4 is 37.3 Å². The fourth-order valence-electron chi connectivity index (χ4n) is 3.14. The quantitative estimate of drug-likeness (QED) is 0.261. The van der Waals surface area contributed by atoms with Crippen LogP contribution in [0.3, 0.4) is 0 Å². The lowest BCUT2D eigenvalue weighted by Crippen LogP contribution is -2.48. The van der Waals surface area contributed by atoms with Crippen LogP contribution in [0.1, 0.15) is 12.5 Å². The summed E-state index contributed by atoms with van der Waals surface area (Å²) < 4.78 is 56.6. The van der Waals surface area contributed by atoms with Gasteiger partial charge in [0.25, 0.3) is 5.69 Å². The van der Waals surface area contributed by atoms with E-state index in [1.54, 1.807) is 6.92 Å². The van der Waals surface area contributed by atoms with Gasteiger partial charge in [0, 0.05) is 26.2 Å². The zero-order chi connectivity index (χ0) is 26.6. The molecule has 192 valence electrons. The molecule has 35 heavy (non-hydrogen) atoms. The van der Waals surface area contributed by atoms with Gasteiger partial charge in [-0.3, -0.25) is 19.2 Å². The first-order chi connectivity index (χ1) is 16.2. The summed E-state index contributed by atoms with van der Waals surface area (Å²) in [4.78, 5) is 23.3. The van der Waals surface area contributed by atoms with Crippen LogP contribution in [0.2, 0.25) is 0 Å². The van der Waals surface area contributed by atoms with Gasteiger partial charge >= 0.3 is 0 Å². The number of aryl methyl sites for hydroxylation is 1. The molecule has 0 aliphatic heterocycles. The smallest absolute Gasteiger partial charge is 0.271 e. The molecule has 0 saturated heterocycles. The van der Waals surface area contributed by atoms with Crippen LogP contribution in [-0.2, 0) is 24.8 Å². The van der Waals surface area contributed by atoms with Gasteiger partial charge in [-0.15, -0.1) is 0 Å². The van der Waals surface area contributed by atoms with Crippen LogP contribution in [0.5, 0.6) is 5.75 Å². The number of anilines is 1. The zero-order valence-corrected chi connectivity index (χ0v) is 21.6. The lowest BCUT2D eigenvalue weighted by atomic mass is 10.1. The molecule has 1 amide bonds. The maximum absolute atomic E-state index is 12.7. The first-order valence-corrected chi connectivity index (χ1v) is 13.6. The van der Waals surface area contributed by atoms with Crippen LogP contribution in [-0.4, -0.2) is 71.5 Å². The number of hydrogen-bond acceptors (Lipinski definition) is 8. The molecule has 0 radical (unpaired) electrons. The fourth-order valence-corrected chi connectivity index (χ4v) is 5.27. The average Bonchev–Trinajstić information content (AvgIpc) is 2.77. The molecule has 2 rings (SSSR count). The summed E-state index contributed by atoms with van der Waals surface area (Å²) >= 11 is 0. The van der Waals surface area contributed by atoms with Crippen LogP contribution >= 0.6 is 0 Å². The summed E-state index contributed by atoms with van der Waals surface area (Å²) in [7, 11) is -4.67. The molecule has 0 saturated carbocycles. The molecule has 1 N–H and O–H groups in total. The Morgan fingerprint density at radius 1 is 1.11 bits per heavy atom. The number of rotatable bonds is 11. The Balaban J connectivity index is 2.05. The van der Waals surface area contributed by atoms with E-state index in [9.17, 15) is 31.7 Å². The molecule has 2 aromatic rings. The van der Waals surface area contributed by atoms with E-state index >= 15 is 0 Å². The van der Waals surface area contributed by atoms with Crippen molar-refractivity contribution < 1.29 is 31.3 Å². The van der Waals surface area contributed by atoms with E-state index in [0.29, 0.717) is 11.3 Å². The normalized spacial score (nSPS) is 12.7. The van der Waals surface area contributed by atoms with Crippen LogP contribution in [0.4, 0.5) is 11.4 Å². The van der Waals surface area contributed by atoms with E-state index in [1.165, 1.54) is 57.4 Å². The maximum atomic E-state index is 12.7. The number of ether oxygens (including phenoxy) is 1. The van der Waals surface area contributed by atoms with Gasteiger partial charge in [0.05, 0.1) is 28.3 Å². The van der Waals surface area contributed by atoms with Gasteiger partial charge in [0.1, 0.15) is 18.4 Å². The molecular formula is C21H28N4O8S2. The number of carbonyl (C=O) groups excluding carboxylic acids is 1. The van der Waals surface area contributed by atoms with Gasteiger partial charge in [0.15, 0.2) is 0 Å². The maximum Gasteiger partial charge on any atom is 0.271 e. The summed E-state index contributed by atoms with van der Waals surface area (Å²) in [6, 6.07) is 8.36. The molecule has 0 aromatic heterocycles. The van der Waals surface area contributed by atoms with Crippen molar-refractivity contribution in [2.24, 2.45) is 0 Å². The number of nitrogens with one attached hydrogen (secondary N) is 1. The highest BCUT2D eigenvalue weighted by molar-refractivity contribution is 7.92. The number of amides is 1. The first kappa shape index (κ1) is 28.0. The molecule has 0 aliphatic carbocycles. The number of carbonyl (C=O) groups is 1. The lowest BCUT2D eigenvalue weighted by molar-refractivity contribution is -0.384. The lowest BCUT2D eigenvalue weighted by Gasteiger charge is -2.29. The van der Waals surface area contributed by atoms with Crippen LogP contribution in [0.25, 0.3) is 0 Å².